The molecule has 1 heterocycles. The van der Waals surface area contributed by atoms with Crippen LogP contribution in [0.4, 0.5) is 0 Å². The van der Waals surface area contributed by atoms with E-state index in [4.69, 9.17) is 0 Å². The lowest BCUT2D eigenvalue weighted by Gasteiger charge is -2.07. The minimum absolute atomic E-state index is 0.0487. The molecule has 0 unspecified atom stereocenters. The summed E-state index contributed by atoms with van der Waals surface area (Å²) in [5.74, 6) is -0.0487. The third kappa shape index (κ3) is 2.72. The van der Waals surface area contributed by atoms with Gasteiger partial charge in [0.15, 0.2) is 0 Å². The van der Waals surface area contributed by atoms with E-state index in [0.717, 1.165) is 22.3 Å². The van der Waals surface area contributed by atoms with Crippen molar-refractivity contribution in [3.63, 3.8) is 0 Å². The van der Waals surface area contributed by atoms with E-state index in [1.807, 2.05) is 32.0 Å². The van der Waals surface area contributed by atoms with Crippen molar-refractivity contribution in [2.45, 2.75) is 20.4 Å². The SMILES string of the molecule is Cc1ccc(C)c(C(=O)NCc2cn[nH]c2)c1. The summed E-state index contributed by atoms with van der Waals surface area (Å²) < 4.78 is 0. The number of aromatic nitrogens is 2. The van der Waals surface area contributed by atoms with Gasteiger partial charge in [-0.25, -0.2) is 0 Å². The zero-order valence-corrected chi connectivity index (χ0v) is 9.95. The molecule has 0 aliphatic heterocycles. The maximum absolute atomic E-state index is 12.0. The molecule has 4 nitrogen and oxygen atoms in total. The summed E-state index contributed by atoms with van der Waals surface area (Å²) in [6.45, 7) is 4.40. The van der Waals surface area contributed by atoms with E-state index in [9.17, 15) is 4.79 Å². The molecule has 88 valence electrons. The highest BCUT2D eigenvalue weighted by Crippen LogP contribution is 2.10. The number of carbonyl (C=O) groups excluding carboxylic acids is 1. The van der Waals surface area contributed by atoms with Crippen LogP contribution < -0.4 is 5.32 Å². The topological polar surface area (TPSA) is 57.8 Å². The van der Waals surface area contributed by atoms with Gasteiger partial charge in [-0.1, -0.05) is 17.7 Å². The molecule has 0 spiro atoms. The molecule has 0 fully saturated rings. The molecule has 0 aliphatic rings. The Bertz CT molecular complexity index is 517. The first-order chi connectivity index (χ1) is 8.16. The van der Waals surface area contributed by atoms with Crippen LogP contribution in [0.15, 0.2) is 30.6 Å². The van der Waals surface area contributed by atoms with Crippen molar-refractivity contribution in [2.24, 2.45) is 0 Å². The summed E-state index contributed by atoms with van der Waals surface area (Å²) in [5, 5.41) is 9.41. The molecule has 2 N–H and O–H groups in total. The van der Waals surface area contributed by atoms with Crippen LogP contribution in [0.25, 0.3) is 0 Å². The van der Waals surface area contributed by atoms with Crippen molar-refractivity contribution >= 4 is 5.91 Å². The van der Waals surface area contributed by atoms with Gasteiger partial charge in [-0.15, -0.1) is 0 Å². The summed E-state index contributed by atoms with van der Waals surface area (Å²) in [4.78, 5) is 12.0. The molecular formula is C13H15N3O. The molecule has 2 aromatic rings. The number of rotatable bonds is 3. The predicted octanol–water partition coefficient (Wildman–Crippen LogP) is 1.96. The highest BCUT2D eigenvalue weighted by molar-refractivity contribution is 5.95. The Morgan fingerprint density at radius 1 is 1.41 bits per heavy atom. The van der Waals surface area contributed by atoms with Gasteiger partial charge in [0, 0.05) is 23.9 Å². The van der Waals surface area contributed by atoms with Crippen LogP contribution in [-0.2, 0) is 6.54 Å². The second-order valence-electron chi connectivity index (χ2n) is 4.11. The third-order valence-corrected chi connectivity index (χ3v) is 2.65. The number of aromatic amines is 1. The van der Waals surface area contributed by atoms with E-state index in [1.54, 1.807) is 12.4 Å². The normalized spacial score (nSPS) is 10.2. The predicted molar refractivity (Wildman–Crippen MR) is 65.7 cm³/mol. The zero-order valence-electron chi connectivity index (χ0n) is 9.95. The largest absolute Gasteiger partial charge is 0.348 e. The maximum atomic E-state index is 12.0. The van der Waals surface area contributed by atoms with Gasteiger partial charge in [-0.3, -0.25) is 9.89 Å². The first-order valence-corrected chi connectivity index (χ1v) is 5.50. The molecule has 4 heteroatoms. The van der Waals surface area contributed by atoms with Crippen LogP contribution in [0, 0.1) is 13.8 Å². The molecule has 1 aromatic heterocycles. The number of benzene rings is 1. The van der Waals surface area contributed by atoms with Crippen molar-refractivity contribution in [1.29, 1.82) is 0 Å². The minimum atomic E-state index is -0.0487. The minimum Gasteiger partial charge on any atom is -0.348 e. The number of H-pyrrole nitrogens is 1. The van der Waals surface area contributed by atoms with Gasteiger partial charge in [0.05, 0.1) is 6.20 Å². The van der Waals surface area contributed by atoms with Gasteiger partial charge < -0.3 is 5.32 Å². The Balaban J connectivity index is 2.07. The van der Waals surface area contributed by atoms with E-state index in [1.165, 1.54) is 0 Å². The van der Waals surface area contributed by atoms with E-state index in [2.05, 4.69) is 15.5 Å². The molecule has 0 radical (unpaired) electrons. The number of nitrogens with zero attached hydrogens (tertiary/aromatic N) is 1. The van der Waals surface area contributed by atoms with Gasteiger partial charge in [0.25, 0.3) is 5.91 Å². The van der Waals surface area contributed by atoms with Gasteiger partial charge in [-0.2, -0.15) is 5.10 Å². The molecule has 17 heavy (non-hydrogen) atoms. The smallest absolute Gasteiger partial charge is 0.251 e. The maximum Gasteiger partial charge on any atom is 0.251 e. The fourth-order valence-corrected chi connectivity index (χ4v) is 1.63. The van der Waals surface area contributed by atoms with Gasteiger partial charge in [0.2, 0.25) is 0 Å². The lowest BCUT2D eigenvalue weighted by molar-refractivity contribution is 0.0950. The Labute approximate surface area is 100 Å². The summed E-state index contributed by atoms with van der Waals surface area (Å²) in [6.07, 6.45) is 3.47. The number of aryl methyl sites for hydroxylation is 2. The van der Waals surface area contributed by atoms with Gasteiger partial charge >= 0.3 is 0 Å². The van der Waals surface area contributed by atoms with Crippen LogP contribution in [0.5, 0.6) is 0 Å². The molecule has 0 bridgehead atoms. The molecule has 1 amide bonds. The van der Waals surface area contributed by atoms with E-state index in [0.29, 0.717) is 6.54 Å². The van der Waals surface area contributed by atoms with Crippen molar-refractivity contribution in [3.8, 4) is 0 Å². The average molecular weight is 229 g/mol. The number of hydrogen-bond acceptors (Lipinski definition) is 2. The lowest BCUT2D eigenvalue weighted by Crippen LogP contribution is -2.23. The molecule has 0 aliphatic carbocycles. The van der Waals surface area contributed by atoms with Crippen molar-refractivity contribution in [3.05, 3.63) is 52.8 Å². The number of hydrogen-bond donors (Lipinski definition) is 2. The Morgan fingerprint density at radius 2 is 2.24 bits per heavy atom. The van der Waals surface area contributed by atoms with Crippen LogP contribution in [-0.4, -0.2) is 16.1 Å². The monoisotopic (exact) mass is 229 g/mol. The summed E-state index contributed by atoms with van der Waals surface area (Å²) >= 11 is 0. The third-order valence-electron chi connectivity index (χ3n) is 2.65. The van der Waals surface area contributed by atoms with Gasteiger partial charge in [0.1, 0.15) is 0 Å². The molecule has 1 aromatic carbocycles. The average Bonchev–Trinajstić information content (AvgIpc) is 2.82. The number of nitrogens with one attached hydrogen (secondary N) is 2. The highest BCUT2D eigenvalue weighted by Gasteiger charge is 2.08. The number of carbonyl (C=O) groups is 1. The molecule has 0 saturated carbocycles. The second kappa shape index (κ2) is 4.82. The van der Waals surface area contributed by atoms with E-state index in [-0.39, 0.29) is 5.91 Å². The highest BCUT2D eigenvalue weighted by atomic mass is 16.1. The first kappa shape index (κ1) is 11.4. The van der Waals surface area contributed by atoms with E-state index >= 15 is 0 Å². The number of amides is 1. The molecule has 0 atom stereocenters. The Hall–Kier alpha value is -2.10. The second-order valence-corrected chi connectivity index (χ2v) is 4.11. The standard InChI is InChI=1S/C13H15N3O/c1-9-3-4-10(2)12(5-9)13(17)14-6-11-7-15-16-8-11/h3-5,7-8H,6H2,1-2H3,(H,14,17)(H,15,16). The molecular weight excluding hydrogens is 214 g/mol. The fourth-order valence-electron chi connectivity index (χ4n) is 1.63. The van der Waals surface area contributed by atoms with Crippen LogP contribution in [0.1, 0.15) is 27.0 Å². The lowest BCUT2D eigenvalue weighted by atomic mass is 10.1. The molecule has 2 rings (SSSR count). The first-order valence-electron chi connectivity index (χ1n) is 5.50. The fraction of sp³-hybridized carbons (Fsp3) is 0.231. The van der Waals surface area contributed by atoms with Crippen molar-refractivity contribution in [1.82, 2.24) is 15.5 Å². The van der Waals surface area contributed by atoms with Crippen molar-refractivity contribution in [2.75, 3.05) is 0 Å². The zero-order chi connectivity index (χ0) is 12.3. The quantitative estimate of drug-likeness (QED) is 0.845. The summed E-state index contributed by atoms with van der Waals surface area (Å²) in [7, 11) is 0. The Kier molecular flexibility index (Phi) is 3.23. The van der Waals surface area contributed by atoms with Gasteiger partial charge in [-0.05, 0) is 25.5 Å². The van der Waals surface area contributed by atoms with Crippen molar-refractivity contribution < 1.29 is 4.79 Å². The Morgan fingerprint density at radius 3 is 2.94 bits per heavy atom. The summed E-state index contributed by atoms with van der Waals surface area (Å²) in [6, 6.07) is 5.87. The van der Waals surface area contributed by atoms with E-state index < -0.39 is 0 Å². The van der Waals surface area contributed by atoms with Crippen LogP contribution >= 0.6 is 0 Å². The van der Waals surface area contributed by atoms with Crippen LogP contribution in [0.2, 0.25) is 0 Å². The van der Waals surface area contributed by atoms with Crippen LogP contribution in [0.3, 0.4) is 0 Å². The molecule has 0 saturated heterocycles. The summed E-state index contributed by atoms with van der Waals surface area (Å²) in [5.41, 5.74) is 3.77.